The lowest BCUT2D eigenvalue weighted by molar-refractivity contribution is 0.0823. The fraction of sp³-hybridized carbons (Fsp3) is 0.600. The van der Waals surface area contributed by atoms with Crippen LogP contribution in [0.15, 0.2) is 12.2 Å². The molecule has 0 unspecified atom stereocenters. The standard InChI is InChI=1S/C10H14N2O3/c1-3-15-9(14)12-6-10(2)5-4-7(10)11-8(12)13/h4-5,7H,3,6H2,1-2H3,(H,11,13)/t7-,10-/m0/s1. The Bertz CT molecular complexity index is 340. The normalized spacial score (nSPS) is 32.8. The molecular weight excluding hydrogens is 196 g/mol. The summed E-state index contributed by atoms with van der Waals surface area (Å²) in [5.41, 5.74) is -0.138. The molecule has 1 saturated heterocycles. The second-order valence-electron chi connectivity index (χ2n) is 4.08. The molecule has 5 nitrogen and oxygen atoms in total. The lowest BCUT2D eigenvalue weighted by atomic mass is 9.72. The maximum absolute atomic E-state index is 11.5. The molecule has 1 aliphatic heterocycles. The Balaban J connectivity index is 2.10. The summed E-state index contributed by atoms with van der Waals surface area (Å²) in [5.74, 6) is 0. The Hall–Kier alpha value is -1.52. The summed E-state index contributed by atoms with van der Waals surface area (Å²) in [6.07, 6.45) is 3.36. The fourth-order valence-electron chi connectivity index (χ4n) is 1.86. The second-order valence-corrected chi connectivity index (χ2v) is 4.08. The van der Waals surface area contributed by atoms with E-state index in [2.05, 4.69) is 5.32 Å². The molecule has 1 N–H and O–H groups in total. The van der Waals surface area contributed by atoms with Crippen molar-refractivity contribution in [3.05, 3.63) is 12.2 Å². The first-order valence-corrected chi connectivity index (χ1v) is 5.01. The highest BCUT2D eigenvalue weighted by atomic mass is 16.6. The summed E-state index contributed by atoms with van der Waals surface area (Å²) in [4.78, 5) is 24.1. The smallest absolute Gasteiger partial charge is 0.417 e. The Morgan fingerprint density at radius 2 is 2.53 bits per heavy atom. The molecule has 0 aromatic rings. The topological polar surface area (TPSA) is 58.6 Å². The quantitative estimate of drug-likeness (QED) is 0.659. The molecule has 1 heterocycles. The van der Waals surface area contributed by atoms with Gasteiger partial charge in [-0.05, 0) is 6.92 Å². The van der Waals surface area contributed by atoms with E-state index in [4.69, 9.17) is 4.74 Å². The highest BCUT2D eigenvalue weighted by Gasteiger charge is 2.47. The van der Waals surface area contributed by atoms with Crippen LogP contribution in [0, 0.1) is 5.41 Å². The van der Waals surface area contributed by atoms with Crippen LogP contribution in [-0.2, 0) is 4.74 Å². The zero-order valence-electron chi connectivity index (χ0n) is 8.82. The van der Waals surface area contributed by atoms with Gasteiger partial charge in [0.15, 0.2) is 0 Å². The number of rotatable bonds is 1. The van der Waals surface area contributed by atoms with E-state index in [0.29, 0.717) is 6.54 Å². The van der Waals surface area contributed by atoms with Gasteiger partial charge in [-0.2, -0.15) is 0 Å². The minimum atomic E-state index is -0.574. The van der Waals surface area contributed by atoms with Crippen molar-refractivity contribution in [1.29, 1.82) is 0 Å². The first-order valence-electron chi connectivity index (χ1n) is 5.01. The van der Waals surface area contributed by atoms with Crippen molar-refractivity contribution < 1.29 is 14.3 Å². The maximum Gasteiger partial charge on any atom is 0.417 e. The summed E-state index contributed by atoms with van der Waals surface area (Å²) in [6.45, 7) is 4.38. The van der Waals surface area contributed by atoms with Crippen molar-refractivity contribution in [3.63, 3.8) is 0 Å². The third-order valence-corrected chi connectivity index (χ3v) is 2.89. The van der Waals surface area contributed by atoms with Gasteiger partial charge < -0.3 is 10.1 Å². The van der Waals surface area contributed by atoms with E-state index < -0.39 is 6.09 Å². The number of hydrogen-bond acceptors (Lipinski definition) is 3. The molecular formula is C10H14N2O3. The first-order chi connectivity index (χ1) is 7.07. The molecule has 0 bridgehead atoms. The molecule has 15 heavy (non-hydrogen) atoms. The number of nitrogens with one attached hydrogen (secondary N) is 1. The molecule has 5 heteroatoms. The van der Waals surface area contributed by atoms with E-state index in [9.17, 15) is 9.59 Å². The van der Waals surface area contributed by atoms with Gasteiger partial charge in [0.25, 0.3) is 0 Å². The number of amides is 3. The zero-order chi connectivity index (χ0) is 11.1. The van der Waals surface area contributed by atoms with Crippen LogP contribution in [0.25, 0.3) is 0 Å². The molecule has 2 atom stereocenters. The summed E-state index contributed by atoms with van der Waals surface area (Å²) >= 11 is 0. The average Bonchev–Trinajstić information content (AvgIpc) is 2.18. The Morgan fingerprint density at radius 1 is 1.80 bits per heavy atom. The van der Waals surface area contributed by atoms with Crippen molar-refractivity contribution in [2.75, 3.05) is 13.2 Å². The van der Waals surface area contributed by atoms with Gasteiger partial charge in [-0.1, -0.05) is 19.1 Å². The van der Waals surface area contributed by atoms with E-state index >= 15 is 0 Å². The molecule has 82 valence electrons. The van der Waals surface area contributed by atoms with Crippen molar-refractivity contribution in [2.24, 2.45) is 5.41 Å². The molecule has 3 amide bonds. The molecule has 0 aromatic carbocycles. The summed E-state index contributed by atoms with van der Waals surface area (Å²) in [6, 6.07) is -0.323. The van der Waals surface area contributed by atoms with Crippen LogP contribution in [0.1, 0.15) is 13.8 Å². The van der Waals surface area contributed by atoms with Crippen LogP contribution in [-0.4, -0.2) is 36.2 Å². The van der Waals surface area contributed by atoms with Gasteiger partial charge in [-0.3, -0.25) is 0 Å². The third-order valence-electron chi connectivity index (χ3n) is 2.89. The number of carbonyl (C=O) groups excluding carboxylic acids is 2. The second kappa shape index (κ2) is 3.25. The minimum Gasteiger partial charge on any atom is -0.449 e. The highest BCUT2D eigenvalue weighted by molar-refractivity contribution is 5.92. The van der Waals surface area contributed by atoms with E-state index in [-0.39, 0.29) is 24.1 Å². The molecule has 0 aromatic heterocycles. The van der Waals surface area contributed by atoms with Gasteiger partial charge in [0.05, 0.1) is 12.6 Å². The van der Waals surface area contributed by atoms with E-state index in [1.54, 1.807) is 6.92 Å². The predicted octanol–water partition coefficient (Wildman–Crippen LogP) is 1.11. The first kappa shape index (κ1) is 10.0. The SMILES string of the molecule is CCOC(=O)N1C[C@]2(C)C=C[C@@H]2NC1=O. The predicted molar refractivity (Wildman–Crippen MR) is 53.3 cm³/mol. The van der Waals surface area contributed by atoms with Crippen LogP contribution in [0.2, 0.25) is 0 Å². The minimum absolute atomic E-state index is 0.0516. The van der Waals surface area contributed by atoms with Crippen molar-refractivity contribution >= 4 is 12.1 Å². The molecule has 0 radical (unpaired) electrons. The lowest BCUT2D eigenvalue weighted by Gasteiger charge is -2.47. The number of ether oxygens (including phenoxy) is 1. The molecule has 2 aliphatic rings. The maximum atomic E-state index is 11.5. The van der Waals surface area contributed by atoms with E-state index in [0.717, 1.165) is 4.90 Å². The molecule has 1 aliphatic carbocycles. The Morgan fingerprint density at radius 3 is 3.07 bits per heavy atom. The van der Waals surface area contributed by atoms with Crippen molar-refractivity contribution in [1.82, 2.24) is 10.2 Å². The number of urea groups is 1. The monoisotopic (exact) mass is 210 g/mol. The van der Waals surface area contributed by atoms with Crippen LogP contribution in [0.4, 0.5) is 9.59 Å². The lowest BCUT2D eigenvalue weighted by Crippen LogP contribution is -2.64. The van der Waals surface area contributed by atoms with Gasteiger partial charge in [-0.25, -0.2) is 14.5 Å². The molecule has 1 fully saturated rings. The number of fused-ring (bicyclic) bond motifs is 1. The van der Waals surface area contributed by atoms with Crippen LogP contribution < -0.4 is 5.32 Å². The fourth-order valence-corrected chi connectivity index (χ4v) is 1.86. The summed E-state index contributed by atoms with van der Waals surface area (Å²) < 4.78 is 4.81. The largest absolute Gasteiger partial charge is 0.449 e. The Kier molecular flexibility index (Phi) is 2.17. The third kappa shape index (κ3) is 1.48. The molecule has 0 saturated carbocycles. The average molecular weight is 210 g/mol. The Labute approximate surface area is 88.1 Å². The van der Waals surface area contributed by atoms with Crippen LogP contribution >= 0.6 is 0 Å². The van der Waals surface area contributed by atoms with E-state index in [1.165, 1.54) is 0 Å². The van der Waals surface area contributed by atoms with Crippen LogP contribution in [0.3, 0.4) is 0 Å². The highest BCUT2D eigenvalue weighted by Crippen LogP contribution is 2.36. The van der Waals surface area contributed by atoms with Gasteiger partial charge >= 0.3 is 12.1 Å². The summed E-state index contributed by atoms with van der Waals surface area (Å²) in [5, 5.41) is 2.75. The van der Waals surface area contributed by atoms with Gasteiger partial charge in [-0.15, -0.1) is 0 Å². The van der Waals surface area contributed by atoms with E-state index in [1.807, 2.05) is 19.1 Å². The van der Waals surface area contributed by atoms with Gasteiger partial charge in [0.1, 0.15) is 0 Å². The summed E-state index contributed by atoms with van der Waals surface area (Å²) in [7, 11) is 0. The van der Waals surface area contributed by atoms with Crippen LogP contribution in [0.5, 0.6) is 0 Å². The number of imide groups is 1. The zero-order valence-corrected chi connectivity index (χ0v) is 8.82. The van der Waals surface area contributed by atoms with Crippen molar-refractivity contribution in [2.45, 2.75) is 19.9 Å². The number of carbonyl (C=O) groups is 2. The van der Waals surface area contributed by atoms with Gasteiger partial charge in [0, 0.05) is 12.0 Å². The molecule has 0 spiro atoms. The molecule has 2 rings (SSSR count). The number of nitrogens with zero attached hydrogens (tertiary/aromatic N) is 1. The number of hydrogen-bond donors (Lipinski definition) is 1. The van der Waals surface area contributed by atoms with Gasteiger partial charge in [0.2, 0.25) is 0 Å². The van der Waals surface area contributed by atoms with Crippen molar-refractivity contribution in [3.8, 4) is 0 Å².